The van der Waals surface area contributed by atoms with Crippen LogP contribution in [-0.2, 0) is 0 Å². The van der Waals surface area contributed by atoms with E-state index in [0.717, 1.165) is 13.1 Å². The first-order chi connectivity index (χ1) is 7.69. The van der Waals surface area contributed by atoms with Gasteiger partial charge in [0, 0.05) is 13.1 Å². The zero-order chi connectivity index (χ0) is 12.0. The molecule has 0 aliphatic carbocycles. The number of ether oxygens (including phenoxy) is 1. The predicted octanol–water partition coefficient (Wildman–Crippen LogP) is -0.256. The molecule has 0 aromatic carbocycles. The average molecular weight is 226 g/mol. The molecule has 16 heavy (non-hydrogen) atoms. The molecule has 1 rings (SSSR count). The third-order valence-electron chi connectivity index (χ3n) is 2.00. The summed E-state index contributed by atoms with van der Waals surface area (Å²) >= 11 is 0. The molecule has 0 unspecified atom stereocenters. The van der Waals surface area contributed by atoms with Crippen LogP contribution in [0.4, 0.5) is 11.6 Å². The third-order valence-corrected chi connectivity index (χ3v) is 2.00. The molecular weight excluding hydrogens is 208 g/mol. The van der Waals surface area contributed by atoms with Gasteiger partial charge in [-0.2, -0.15) is 0 Å². The number of aromatic nitrogens is 2. The average Bonchev–Trinajstić information content (AvgIpc) is 2.28. The van der Waals surface area contributed by atoms with Crippen molar-refractivity contribution >= 4 is 11.6 Å². The van der Waals surface area contributed by atoms with Gasteiger partial charge in [0.25, 0.3) is 0 Å². The summed E-state index contributed by atoms with van der Waals surface area (Å²) in [6, 6.07) is 0. The number of anilines is 2. The predicted molar refractivity (Wildman–Crippen MR) is 63.4 cm³/mol. The van der Waals surface area contributed by atoms with E-state index in [9.17, 15) is 0 Å². The third kappa shape index (κ3) is 3.21. The summed E-state index contributed by atoms with van der Waals surface area (Å²) in [7, 11) is 5.56. The number of likely N-dealkylation sites (N-methyl/N-ethyl adjacent to an activating group) is 1. The summed E-state index contributed by atoms with van der Waals surface area (Å²) in [5, 5.41) is 3.16. The Kier molecular flexibility index (Phi) is 4.74. The first-order valence-electron chi connectivity index (χ1n) is 4.93. The van der Waals surface area contributed by atoms with Crippen molar-refractivity contribution in [3.8, 4) is 5.75 Å². The standard InChI is InChI=1S/C9H18N6O/c1-15(2)5-4-11-8-7(16-3)9(14-10)13-6-12-8/h6H,4-5,10H2,1-3H3,(H2,11,12,13,14). The van der Waals surface area contributed by atoms with Crippen molar-refractivity contribution in [2.45, 2.75) is 0 Å². The Morgan fingerprint density at radius 2 is 2.06 bits per heavy atom. The van der Waals surface area contributed by atoms with E-state index >= 15 is 0 Å². The van der Waals surface area contributed by atoms with Crippen LogP contribution in [0, 0.1) is 0 Å². The maximum absolute atomic E-state index is 5.32. The van der Waals surface area contributed by atoms with Crippen LogP contribution in [0.2, 0.25) is 0 Å². The molecule has 4 N–H and O–H groups in total. The minimum Gasteiger partial charge on any atom is -0.490 e. The zero-order valence-electron chi connectivity index (χ0n) is 9.82. The molecule has 1 heterocycles. The van der Waals surface area contributed by atoms with Crippen molar-refractivity contribution in [1.29, 1.82) is 0 Å². The van der Waals surface area contributed by atoms with Crippen molar-refractivity contribution in [2.75, 3.05) is 45.0 Å². The highest BCUT2D eigenvalue weighted by atomic mass is 16.5. The van der Waals surface area contributed by atoms with Crippen molar-refractivity contribution in [2.24, 2.45) is 5.84 Å². The van der Waals surface area contributed by atoms with Crippen LogP contribution in [0.3, 0.4) is 0 Å². The Morgan fingerprint density at radius 3 is 2.62 bits per heavy atom. The minimum atomic E-state index is 0.463. The van der Waals surface area contributed by atoms with Crippen LogP contribution in [0.1, 0.15) is 0 Å². The van der Waals surface area contributed by atoms with E-state index in [0.29, 0.717) is 17.4 Å². The number of nitrogens with one attached hydrogen (secondary N) is 2. The number of nitrogen functional groups attached to an aromatic ring is 1. The Morgan fingerprint density at radius 1 is 1.38 bits per heavy atom. The van der Waals surface area contributed by atoms with E-state index in [1.807, 2.05) is 14.1 Å². The molecule has 0 spiro atoms. The fourth-order valence-corrected chi connectivity index (χ4v) is 1.19. The molecule has 0 aliphatic heterocycles. The lowest BCUT2D eigenvalue weighted by Crippen LogP contribution is -2.21. The summed E-state index contributed by atoms with van der Waals surface area (Å²) in [5.74, 6) is 6.93. The molecule has 0 amide bonds. The second kappa shape index (κ2) is 6.09. The minimum absolute atomic E-state index is 0.463. The molecule has 0 aliphatic rings. The fourth-order valence-electron chi connectivity index (χ4n) is 1.19. The van der Waals surface area contributed by atoms with Gasteiger partial charge in [-0.1, -0.05) is 0 Å². The fraction of sp³-hybridized carbons (Fsp3) is 0.556. The second-order valence-corrected chi connectivity index (χ2v) is 3.48. The van der Waals surface area contributed by atoms with Crippen molar-refractivity contribution in [3.05, 3.63) is 6.33 Å². The van der Waals surface area contributed by atoms with Gasteiger partial charge in [-0.3, -0.25) is 0 Å². The maximum atomic E-state index is 5.32. The molecule has 0 saturated heterocycles. The zero-order valence-corrected chi connectivity index (χ0v) is 9.82. The van der Waals surface area contributed by atoms with Crippen molar-refractivity contribution in [1.82, 2.24) is 14.9 Å². The van der Waals surface area contributed by atoms with E-state index in [4.69, 9.17) is 10.6 Å². The topological polar surface area (TPSA) is 88.3 Å². The largest absolute Gasteiger partial charge is 0.490 e. The molecule has 1 aromatic heterocycles. The lowest BCUT2D eigenvalue weighted by molar-refractivity contribution is 0.411. The monoisotopic (exact) mass is 226 g/mol. The van der Waals surface area contributed by atoms with Crippen LogP contribution >= 0.6 is 0 Å². The highest BCUT2D eigenvalue weighted by Crippen LogP contribution is 2.27. The SMILES string of the molecule is COc1c(NN)ncnc1NCCN(C)C. The van der Waals surface area contributed by atoms with Gasteiger partial charge in [0.15, 0.2) is 11.6 Å². The summed E-state index contributed by atoms with van der Waals surface area (Å²) in [6.07, 6.45) is 1.43. The molecular formula is C9H18N6O. The van der Waals surface area contributed by atoms with Gasteiger partial charge in [-0.05, 0) is 14.1 Å². The Hall–Kier alpha value is -1.60. The summed E-state index contributed by atoms with van der Waals surface area (Å²) in [5.41, 5.74) is 2.46. The molecule has 7 heteroatoms. The van der Waals surface area contributed by atoms with Crippen molar-refractivity contribution < 1.29 is 4.74 Å². The number of methoxy groups -OCH3 is 1. The van der Waals surface area contributed by atoms with Gasteiger partial charge >= 0.3 is 0 Å². The van der Waals surface area contributed by atoms with Crippen LogP contribution in [-0.4, -0.2) is 49.2 Å². The lowest BCUT2D eigenvalue weighted by Gasteiger charge is -2.14. The first-order valence-corrected chi connectivity index (χ1v) is 4.93. The molecule has 0 saturated carbocycles. The molecule has 0 radical (unpaired) electrons. The molecule has 1 aromatic rings. The smallest absolute Gasteiger partial charge is 0.205 e. The van der Waals surface area contributed by atoms with E-state index in [2.05, 4.69) is 25.6 Å². The number of rotatable bonds is 6. The van der Waals surface area contributed by atoms with E-state index in [1.54, 1.807) is 7.11 Å². The van der Waals surface area contributed by atoms with Gasteiger partial charge in [0.1, 0.15) is 6.33 Å². The molecule has 0 bridgehead atoms. The van der Waals surface area contributed by atoms with Crippen molar-refractivity contribution in [3.63, 3.8) is 0 Å². The lowest BCUT2D eigenvalue weighted by atomic mass is 10.4. The Balaban J connectivity index is 2.71. The number of hydrogen-bond acceptors (Lipinski definition) is 7. The van der Waals surface area contributed by atoms with Gasteiger partial charge in [0.05, 0.1) is 7.11 Å². The van der Waals surface area contributed by atoms with Crippen LogP contribution in [0.15, 0.2) is 6.33 Å². The van der Waals surface area contributed by atoms with E-state index in [1.165, 1.54) is 6.33 Å². The molecule has 7 nitrogen and oxygen atoms in total. The second-order valence-electron chi connectivity index (χ2n) is 3.48. The Labute approximate surface area is 95.0 Å². The summed E-state index contributed by atoms with van der Waals surface area (Å²) in [4.78, 5) is 10.1. The van der Waals surface area contributed by atoms with Crippen LogP contribution < -0.4 is 21.3 Å². The molecule has 0 fully saturated rings. The van der Waals surface area contributed by atoms with Gasteiger partial charge in [-0.25, -0.2) is 15.8 Å². The van der Waals surface area contributed by atoms with E-state index < -0.39 is 0 Å². The number of nitrogens with two attached hydrogens (primary N) is 1. The number of hydrogen-bond donors (Lipinski definition) is 3. The van der Waals surface area contributed by atoms with Crippen LogP contribution in [0.5, 0.6) is 5.75 Å². The highest BCUT2D eigenvalue weighted by Gasteiger charge is 2.10. The van der Waals surface area contributed by atoms with E-state index in [-0.39, 0.29) is 0 Å². The normalized spacial score (nSPS) is 10.3. The van der Waals surface area contributed by atoms with Gasteiger partial charge in [-0.15, -0.1) is 0 Å². The Bertz CT molecular complexity index is 330. The van der Waals surface area contributed by atoms with Crippen LogP contribution in [0.25, 0.3) is 0 Å². The summed E-state index contributed by atoms with van der Waals surface area (Å²) in [6.45, 7) is 1.67. The number of hydrazine groups is 1. The molecule has 0 atom stereocenters. The quantitative estimate of drug-likeness (QED) is 0.455. The number of nitrogens with zero attached hydrogens (tertiary/aromatic N) is 3. The summed E-state index contributed by atoms with van der Waals surface area (Å²) < 4.78 is 5.18. The first kappa shape index (κ1) is 12.5. The van der Waals surface area contributed by atoms with Gasteiger partial charge < -0.3 is 20.4 Å². The highest BCUT2D eigenvalue weighted by molar-refractivity contribution is 5.62. The van der Waals surface area contributed by atoms with Gasteiger partial charge in [0.2, 0.25) is 5.75 Å². The maximum Gasteiger partial charge on any atom is 0.205 e. The molecule has 90 valence electrons.